The van der Waals surface area contributed by atoms with E-state index in [9.17, 15) is 9.59 Å². The third-order valence-electron chi connectivity index (χ3n) is 5.70. The van der Waals surface area contributed by atoms with Gasteiger partial charge in [-0.25, -0.2) is 4.98 Å². The number of anilines is 1. The maximum Gasteiger partial charge on any atom is 0.242 e. The van der Waals surface area contributed by atoms with Crippen molar-refractivity contribution in [3.8, 4) is 0 Å². The Hall–Kier alpha value is -3.19. The summed E-state index contributed by atoms with van der Waals surface area (Å²) in [5, 5.41) is 9.08. The Labute approximate surface area is 176 Å². The van der Waals surface area contributed by atoms with Gasteiger partial charge in [0.1, 0.15) is 17.9 Å². The number of nitrogens with zero attached hydrogens (tertiary/aromatic N) is 1. The van der Waals surface area contributed by atoms with Crippen molar-refractivity contribution in [2.75, 3.05) is 12.3 Å². The average molecular weight is 406 g/mol. The molecule has 7 heteroatoms. The summed E-state index contributed by atoms with van der Waals surface area (Å²) < 4.78 is 0. The van der Waals surface area contributed by atoms with Gasteiger partial charge in [0, 0.05) is 12.2 Å². The molecule has 2 unspecified atom stereocenters. The first-order chi connectivity index (χ1) is 14.5. The maximum atomic E-state index is 12.7. The number of aromatic nitrogens is 1. The molecule has 1 aromatic carbocycles. The van der Waals surface area contributed by atoms with Crippen LogP contribution in [-0.4, -0.2) is 35.4 Å². The minimum atomic E-state index is -0.638. The first kappa shape index (κ1) is 20.1. The normalized spacial score (nSPS) is 21.3. The summed E-state index contributed by atoms with van der Waals surface area (Å²) in [7, 11) is 0. The molecule has 1 aromatic heterocycles. The number of carbonyl (C=O) groups excluding carboxylic acids is 2. The lowest BCUT2D eigenvalue weighted by Crippen LogP contribution is -2.52. The molecule has 2 amide bonds. The van der Waals surface area contributed by atoms with Gasteiger partial charge in [0.25, 0.3) is 0 Å². The number of rotatable bonds is 5. The van der Waals surface area contributed by atoms with Crippen LogP contribution in [0.2, 0.25) is 0 Å². The van der Waals surface area contributed by atoms with Crippen LogP contribution >= 0.6 is 0 Å². The van der Waals surface area contributed by atoms with Gasteiger partial charge in [0.2, 0.25) is 11.8 Å². The van der Waals surface area contributed by atoms with Crippen LogP contribution in [0.5, 0.6) is 0 Å². The van der Waals surface area contributed by atoms with E-state index in [0.29, 0.717) is 12.4 Å². The van der Waals surface area contributed by atoms with Crippen LogP contribution in [0.15, 0.2) is 48.5 Å². The topological polar surface area (TPSA) is 109 Å². The third-order valence-corrected chi connectivity index (χ3v) is 5.70. The second kappa shape index (κ2) is 8.67. The highest BCUT2D eigenvalue weighted by Crippen LogP contribution is 2.30. The number of nitrogen functional groups attached to an aromatic ring is 1. The minimum Gasteiger partial charge on any atom is -0.384 e. The van der Waals surface area contributed by atoms with Crippen molar-refractivity contribution in [1.29, 1.82) is 0 Å². The van der Waals surface area contributed by atoms with Crippen LogP contribution in [0.4, 0.5) is 5.82 Å². The zero-order valence-corrected chi connectivity index (χ0v) is 17.0. The number of pyridine rings is 1. The molecule has 0 spiro atoms. The lowest BCUT2D eigenvalue weighted by Gasteiger charge is -2.24. The molecule has 3 atom stereocenters. The lowest BCUT2D eigenvalue weighted by atomic mass is 9.97. The third kappa shape index (κ3) is 4.36. The van der Waals surface area contributed by atoms with Gasteiger partial charge in [-0.3, -0.25) is 9.59 Å². The lowest BCUT2D eigenvalue weighted by molar-refractivity contribution is -0.129. The second-order valence-electron chi connectivity index (χ2n) is 7.84. The highest BCUT2D eigenvalue weighted by atomic mass is 16.2. The molecule has 2 heterocycles. The van der Waals surface area contributed by atoms with E-state index in [1.807, 2.05) is 42.5 Å². The van der Waals surface area contributed by atoms with Gasteiger partial charge in [0.05, 0.1) is 6.04 Å². The Morgan fingerprint density at radius 2 is 1.97 bits per heavy atom. The number of fused-ring (bicyclic) bond motifs is 1. The molecule has 5 N–H and O–H groups in total. The van der Waals surface area contributed by atoms with Gasteiger partial charge < -0.3 is 21.7 Å². The quantitative estimate of drug-likeness (QED) is 0.606. The molecule has 30 heavy (non-hydrogen) atoms. The smallest absolute Gasteiger partial charge is 0.242 e. The van der Waals surface area contributed by atoms with Crippen molar-refractivity contribution in [2.45, 2.75) is 44.3 Å². The van der Waals surface area contributed by atoms with Crippen LogP contribution in [0, 0.1) is 0 Å². The van der Waals surface area contributed by atoms with Gasteiger partial charge in [-0.2, -0.15) is 0 Å². The zero-order valence-electron chi connectivity index (χ0n) is 17.0. The molecule has 4 rings (SSSR count). The number of nitrogens with two attached hydrogens (primary N) is 1. The van der Waals surface area contributed by atoms with Crippen LogP contribution in [0.3, 0.4) is 0 Å². The van der Waals surface area contributed by atoms with E-state index in [-0.39, 0.29) is 17.9 Å². The molecule has 2 aliphatic rings. The maximum absolute atomic E-state index is 12.7. The van der Waals surface area contributed by atoms with E-state index < -0.39 is 12.1 Å². The van der Waals surface area contributed by atoms with Crippen LogP contribution in [-0.2, 0) is 16.0 Å². The van der Waals surface area contributed by atoms with E-state index in [1.165, 1.54) is 0 Å². The molecule has 0 bridgehead atoms. The Morgan fingerprint density at radius 3 is 2.77 bits per heavy atom. The van der Waals surface area contributed by atoms with Crippen molar-refractivity contribution >= 4 is 23.2 Å². The molecular formula is C23H27N5O2. The van der Waals surface area contributed by atoms with Gasteiger partial charge in [0.15, 0.2) is 0 Å². The Bertz CT molecular complexity index is 973. The highest BCUT2D eigenvalue weighted by Gasteiger charge is 2.28. The summed E-state index contributed by atoms with van der Waals surface area (Å²) >= 11 is 0. The standard InChI is InChI=1S/C23H27N5O2/c1-14(22(29)28-19-9-8-18-17(19)7-10-21(24)27-18)26-23(30)20-13-16(11-12-25-20)15-5-3-2-4-6-15/h2-7,10,13-14,19-20,25H,8-9,11-12H2,1H3,(H2,24,27)(H,26,30)(H,28,29)/t14?,19?,20-/m1/s1. The van der Waals surface area contributed by atoms with Crippen molar-refractivity contribution in [2.24, 2.45) is 0 Å². The van der Waals surface area contributed by atoms with Crippen LogP contribution in [0.25, 0.3) is 5.57 Å². The van der Waals surface area contributed by atoms with E-state index in [0.717, 1.165) is 41.7 Å². The van der Waals surface area contributed by atoms with Crippen molar-refractivity contribution in [1.82, 2.24) is 20.9 Å². The Kier molecular flexibility index (Phi) is 5.81. The molecule has 1 aliphatic heterocycles. The first-order valence-corrected chi connectivity index (χ1v) is 10.4. The monoisotopic (exact) mass is 405 g/mol. The molecule has 0 fully saturated rings. The van der Waals surface area contributed by atoms with Gasteiger partial charge in [-0.1, -0.05) is 42.5 Å². The van der Waals surface area contributed by atoms with Gasteiger partial charge in [-0.15, -0.1) is 0 Å². The molecule has 156 valence electrons. The van der Waals surface area contributed by atoms with Crippen molar-refractivity contribution < 1.29 is 9.59 Å². The summed E-state index contributed by atoms with van der Waals surface area (Å²) in [6.45, 7) is 2.42. The van der Waals surface area contributed by atoms with Crippen molar-refractivity contribution in [3.63, 3.8) is 0 Å². The number of aryl methyl sites for hydroxylation is 1. The predicted molar refractivity (Wildman–Crippen MR) is 116 cm³/mol. The first-order valence-electron chi connectivity index (χ1n) is 10.4. The molecule has 7 nitrogen and oxygen atoms in total. The fraction of sp³-hybridized carbons (Fsp3) is 0.348. The summed E-state index contributed by atoms with van der Waals surface area (Å²) in [6.07, 6.45) is 4.38. The van der Waals surface area contributed by atoms with Crippen LogP contribution in [0.1, 0.15) is 42.6 Å². The van der Waals surface area contributed by atoms with Crippen molar-refractivity contribution in [3.05, 3.63) is 65.4 Å². The number of nitrogens with one attached hydrogen (secondary N) is 3. The molecule has 0 saturated carbocycles. The van der Waals surface area contributed by atoms with E-state index >= 15 is 0 Å². The summed E-state index contributed by atoms with van der Waals surface area (Å²) in [5.74, 6) is 0.0809. The van der Waals surface area contributed by atoms with Crippen LogP contribution < -0.4 is 21.7 Å². The molecule has 2 aromatic rings. The molecule has 1 aliphatic carbocycles. The average Bonchev–Trinajstić information content (AvgIpc) is 3.16. The van der Waals surface area contributed by atoms with Gasteiger partial charge in [-0.05, 0) is 49.0 Å². The fourth-order valence-electron chi connectivity index (χ4n) is 4.07. The second-order valence-corrected chi connectivity index (χ2v) is 7.84. The number of carbonyl (C=O) groups is 2. The summed E-state index contributed by atoms with van der Waals surface area (Å²) in [5.41, 5.74) is 9.94. The minimum absolute atomic E-state index is 0.0997. The summed E-state index contributed by atoms with van der Waals surface area (Å²) in [4.78, 5) is 29.8. The van der Waals surface area contributed by atoms with E-state index in [4.69, 9.17) is 5.73 Å². The number of hydrogen-bond acceptors (Lipinski definition) is 5. The molecular weight excluding hydrogens is 378 g/mol. The number of hydrogen-bond donors (Lipinski definition) is 4. The van der Waals surface area contributed by atoms with Gasteiger partial charge >= 0.3 is 0 Å². The predicted octanol–water partition coefficient (Wildman–Crippen LogP) is 1.72. The Morgan fingerprint density at radius 1 is 1.17 bits per heavy atom. The number of amides is 2. The fourth-order valence-corrected chi connectivity index (χ4v) is 4.07. The zero-order chi connectivity index (χ0) is 21.1. The Balaban J connectivity index is 1.36. The van der Waals surface area contributed by atoms with E-state index in [1.54, 1.807) is 13.0 Å². The SMILES string of the molecule is CC(NC(=O)[C@H]1C=C(c2ccccc2)CCN1)C(=O)NC1CCc2nc(N)ccc21. The molecule has 0 saturated heterocycles. The number of benzene rings is 1. The largest absolute Gasteiger partial charge is 0.384 e. The van der Waals surface area contributed by atoms with E-state index in [2.05, 4.69) is 20.9 Å². The molecule has 0 radical (unpaired) electrons. The summed E-state index contributed by atoms with van der Waals surface area (Å²) in [6, 6.07) is 12.5. The highest BCUT2D eigenvalue weighted by molar-refractivity contribution is 5.92.